The molecule has 0 aromatic carbocycles. The van der Waals surface area contributed by atoms with Crippen LogP contribution in [-0.4, -0.2) is 62.4 Å². The number of hydrogen-bond donors (Lipinski definition) is 3. The number of carboxylic acids is 1. The SMILES string of the molecule is CNC1COCC1C(=O)N[C@@H](CCC(=O)OC)C(=O)O. The predicted octanol–water partition coefficient (Wildman–Crippen LogP) is -1.26. The highest BCUT2D eigenvalue weighted by atomic mass is 16.5. The Hall–Kier alpha value is -1.67. The Balaban J connectivity index is 2.54. The normalized spacial score (nSPS) is 23.1. The van der Waals surface area contributed by atoms with Gasteiger partial charge in [-0.2, -0.15) is 0 Å². The number of hydrogen-bond acceptors (Lipinski definition) is 6. The van der Waals surface area contributed by atoms with Crippen LogP contribution in [0.4, 0.5) is 0 Å². The smallest absolute Gasteiger partial charge is 0.326 e. The molecule has 8 heteroatoms. The third-order valence-corrected chi connectivity index (χ3v) is 3.27. The fraction of sp³-hybridized carbons (Fsp3) is 0.750. The number of nitrogens with one attached hydrogen (secondary N) is 2. The summed E-state index contributed by atoms with van der Waals surface area (Å²) < 4.78 is 9.64. The third-order valence-electron chi connectivity index (χ3n) is 3.27. The minimum atomic E-state index is -1.18. The Kier molecular flexibility index (Phi) is 6.40. The molecule has 3 N–H and O–H groups in total. The summed E-state index contributed by atoms with van der Waals surface area (Å²) in [7, 11) is 2.94. The van der Waals surface area contributed by atoms with Crippen molar-refractivity contribution in [3.05, 3.63) is 0 Å². The largest absolute Gasteiger partial charge is 0.480 e. The van der Waals surface area contributed by atoms with E-state index in [9.17, 15) is 14.4 Å². The van der Waals surface area contributed by atoms with Crippen LogP contribution in [0.2, 0.25) is 0 Å². The summed E-state index contributed by atoms with van der Waals surface area (Å²) in [6.07, 6.45) is -0.0735. The monoisotopic (exact) mass is 288 g/mol. The molecule has 1 heterocycles. The number of amides is 1. The first-order chi connectivity index (χ1) is 9.49. The zero-order chi connectivity index (χ0) is 15.1. The van der Waals surface area contributed by atoms with Gasteiger partial charge in [-0.15, -0.1) is 0 Å². The lowest BCUT2D eigenvalue weighted by molar-refractivity contribution is -0.144. The van der Waals surface area contributed by atoms with Gasteiger partial charge in [0.25, 0.3) is 0 Å². The number of aliphatic carboxylic acids is 1. The van der Waals surface area contributed by atoms with Crippen molar-refractivity contribution in [3.8, 4) is 0 Å². The van der Waals surface area contributed by atoms with Crippen LogP contribution in [0.15, 0.2) is 0 Å². The zero-order valence-corrected chi connectivity index (χ0v) is 11.5. The van der Waals surface area contributed by atoms with Gasteiger partial charge in [-0.1, -0.05) is 0 Å². The number of esters is 1. The van der Waals surface area contributed by atoms with E-state index in [1.165, 1.54) is 7.11 Å². The van der Waals surface area contributed by atoms with Gasteiger partial charge < -0.3 is 25.2 Å². The second-order valence-corrected chi connectivity index (χ2v) is 4.55. The number of carbonyl (C=O) groups is 3. The average molecular weight is 288 g/mol. The molecule has 0 aliphatic carbocycles. The van der Waals surface area contributed by atoms with Gasteiger partial charge in [-0.3, -0.25) is 9.59 Å². The molecule has 0 saturated carbocycles. The van der Waals surface area contributed by atoms with Crippen LogP contribution in [0.25, 0.3) is 0 Å². The Morgan fingerprint density at radius 3 is 2.65 bits per heavy atom. The van der Waals surface area contributed by atoms with Crippen LogP contribution < -0.4 is 10.6 Å². The Morgan fingerprint density at radius 2 is 2.10 bits per heavy atom. The molecule has 2 unspecified atom stereocenters. The van der Waals surface area contributed by atoms with Gasteiger partial charge >= 0.3 is 11.9 Å². The highest BCUT2D eigenvalue weighted by Gasteiger charge is 2.35. The Labute approximate surface area is 116 Å². The van der Waals surface area contributed by atoms with Crippen LogP contribution in [-0.2, 0) is 23.9 Å². The maximum atomic E-state index is 12.0. The van der Waals surface area contributed by atoms with Crippen molar-refractivity contribution in [2.45, 2.75) is 24.9 Å². The van der Waals surface area contributed by atoms with Crippen molar-refractivity contribution >= 4 is 17.8 Å². The van der Waals surface area contributed by atoms with E-state index in [0.29, 0.717) is 6.61 Å². The molecule has 0 bridgehead atoms. The first-order valence-corrected chi connectivity index (χ1v) is 6.34. The first-order valence-electron chi connectivity index (χ1n) is 6.34. The van der Waals surface area contributed by atoms with Gasteiger partial charge in [0.2, 0.25) is 5.91 Å². The van der Waals surface area contributed by atoms with E-state index in [4.69, 9.17) is 9.84 Å². The van der Waals surface area contributed by atoms with Gasteiger partial charge in [-0.05, 0) is 13.5 Å². The fourth-order valence-corrected chi connectivity index (χ4v) is 2.00. The predicted molar refractivity (Wildman–Crippen MR) is 68.0 cm³/mol. The van der Waals surface area contributed by atoms with Gasteiger partial charge in [0.15, 0.2) is 0 Å². The van der Waals surface area contributed by atoms with Crippen LogP contribution in [0, 0.1) is 5.92 Å². The summed E-state index contributed by atoms with van der Waals surface area (Å²) in [6.45, 7) is 0.662. The molecule has 0 aromatic heterocycles. The van der Waals surface area contributed by atoms with Gasteiger partial charge in [0, 0.05) is 12.5 Å². The lowest BCUT2D eigenvalue weighted by Crippen LogP contribution is -2.48. The van der Waals surface area contributed by atoms with Crippen molar-refractivity contribution in [1.29, 1.82) is 0 Å². The summed E-state index contributed by atoms with van der Waals surface area (Å²) in [4.78, 5) is 34.1. The van der Waals surface area contributed by atoms with E-state index >= 15 is 0 Å². The van der Waals surface area contributed by atoms with Gasteiger partial charge in [0.05, 0.1) is 26.2 Å². The minimum Gasteiger partial charge on any atom is -0.480 e. The molecule has 1 aliphatic rings. The number of rotatable bonds is 7. The van der Waals surface area contributed by atoms with Crippen molar-refractivity contribution in [2.75, 3.05) is 27.4 Å². The molecular weight excluding hydrogens is 268 g/mol. The van der Waals surface area contributed by atoms with Crippen molar-refractivity contribution < 1.29 is 29.0 Å². The second kappa shape index (κ2) is 7.81. The molecule has 1 aliphatic heterocycles. The maximum absolute atomic E-state index is 12.0. The number of methoxy groups -OCH3 is 1. The topological polar surface area (TPSA) is 114 Å². The van der Waals surface area contributed by atoms with Gasteiger partial charge in [0.1, 0.15) is 6.04 Å². The molecule has 3 atom stereocenters. The molecule has 1 fully saturated rings. The first kappa shape index (κ1) is 16.4. The molecule has 0 aromatic rings. The Bertz CT molecular complexity index is 373. The van der Waals surface area contributed by atoms with E-state index in [2.05, 4.69) is 15.4 Å². The standard InChI is InChI=1S/C12H20N2O6/c1-13-9-6-20-5-7(9)11(16)14-8(12(17)18)3-4-10(15)19-2/h7-9,13H,3-6H2,1-2H3,(H,14,16)(H,17,18)/t7?,8-,9?/m0/s1. The molecule has 114 valence electrons. The Morgan fingerprint density at radius 1 is 1.40 bits per heavy atom. The van der Waals surface area contributed by atoms with E-state index < -0.39 is 23.9 Å². The summed E-state index contributed by atoms with van der Waals surface area (Å²) in [5.41, 5.74) is 0. The van der Waals surface area contributed by atoms with E-state index in [0.717, 1.165) is 0 Å². The number of ether oxygens (including phenoxy) is 2. The average Bonchev–Trinajstić information content (AvgIpc) is 2.90. The molecule has 1 saturated heterocycles. The van der Waals surface area contributed by atoms with E-state index in [1.807, 2.05) is 0 Å². The summed E-state index contributed by atoms with van der Waals surface area (Å²) >= 11 is 0. The fourth-order valence-electron chi connectivity index (χ4n) is 2.00. The van der Waals surface area contributed by atoms with Crippen LogP contribution in [0.3, 0.4) is 0 Å². The van der Waals surface area contributed by atoms with Crippen LogP contribution in [0.5, 0.6) is 0 Å². The molecule has 1 rings (SSSR count). The van der Waals surface area contributed by atoms with Crippen LogP contribution in [0.1, 0.15) is 12.8 Å². The molecule has 0 spiro atoms. The quantitative estimate of drug-likeness (QED) is 0.501. The van der Waals surface area contributed by atoms with Crippen molar-refractivity contribution in [3.63, 3.8) is 0 Å². The lowest BCUT2D eigenvalue weighted by Gasteiger charge is -2.20. The van der Waals surface area contributed by atoms with E-state index in [-0.39, 0.29) is 31.4 Å². The highest BCUT2D eigenvalue weighted by Crippen LogP contribution is 2.14. The summed E-state index contributed by atoms with van der Waals surface area (Å²) in [5.74, 6) is -2.51. The number of carboxylic acid groups (broad SMARTS) is 1. The lowest BCUT2D eigenvalue weighted by atomic mass is 10.0. The number of likely N-dealkylation sites (N-methyl/N-ethyl adjacent to an activating group) is 1. The summed E-state index contributed by atoms with van der Waals surface area (Å²) in [5, 5.41) is 14.4. The maximum Gasteiger partial charge on any atom is 0.326 e. The zero-order valence-electron chi connectivity index (χ0n) is 11.5. The molecule has 20 heavy (non-hydrogen) atoms. The van der Waals surface area contributed by atoms with Crippen molar-refractivity contribution in [1.82, 2.24) is 10.6 Å². The third kappa shape index (κ3) is 4.46. The van der Waals surface area contributed by atoms with Crippen molar-refractivity contribution in [2.24, 2.45) is 5.92 Å². The summed E-state index contributed by atoms with van der Waals surface area (Å²) in [6, 6.07) is -1.25. The molecule has 0 radical (unpaired) electrons. The van der Waals surface area contributed by atoms with Crippen LogP contribution >= 0.6 is 0 Å². The van der Waals surface area contributed by atoms with Gasteiger partial charge in [-0.25, -0.2) is 4.79 Å². The molecule has 8 nitrogen and oxygen atoms in total. The number of carbonyl (C=O) groups excluding carboxylic acids is 2. The van der Waals surface area contributed by atoms with E-state index in [1.54, 1.807) is 7.05 Å². The minimum absolute atomic E-state index is 0.00839. The highest BCUT2D eigenvalue weighted by molar-refractivity contribution is 5.86. The molecule has 1 amide bonds. The molecular formula is C12H20N2O6. The second-order valence-electron chi connectivity index (χ2n) is 4.55.